The summed E-state index contributed by atoms with van der Waals surface area (Å²) in [7, 11) is 0. The smallest absolute Gasteiger partial charge is 0.418 e. The lowest BCUT2D eigenvalue weighted by Gasteiger charge is -2.18. The molecule has 1 aromatic heterocycles. The van der Waals surface area contributed by atoms with Crippen molar-refractivity contribution in [2.24, 2.45) is 0 Å². The fourth-order valence-corrected chi connectivity index (χ4v) is 3.62. The molecule has 0 amide bonds. The maximum absolute atomic E-state index is 14.5. The summed E-state index contributed by atoms with van der Waals surface area (Å²) in [6, 6.07) is 8.33. The third-order valence-corrected chi connectivity index (χ3v) is 5.64. The number of ether oxygens (including phenoxy) is 1. The molecule has 1 atom stereocenters. The van der Waals surface area contributed by atoms with Crippen molar-refractivity contribution >= 4 is 5.97 Å². The molecule has 0 spiro atoms. The molecule has 2 aromatic carbocycles. The Hall–Kier alpha value is -3.29. The molecule has 0 fully saturated rings. The van der Waals surface area contributed by atoms with Gasteiger partial charge < -0.3 is 14.4 Å². The van der Waals surface area contributed by atoms with Crippen molar-refractivity contribution in [1.29, 1.82) is 0 Å². The monoisotopic (exact) mass is 449 g/mol. The lowest BCUT2D eigenvalue weighted by Crippen LogP contribution is -2.14. The zero-order chi connectivity index (χ0) is 23.8. The van der Waals surface area contributed by atoms with Crippen LogP contribution in [0.4, 0.5) is 17.6 Å². The summed E-state index contributed by atoms with van der Waals surface area (Å²) in [5, 5.41) is 9.26. The van der Waals surface area contributed by atoms with Crippen LogP contribution in [-0.2, 0) is 17.6 Å². The van der Waals surface area contributed by atoms with Gasteiger partial charge in [-0.3, -0.25) is 4.79 Å². The highest BCUT2D eigenvalue weighted by molar-refractivity contribution is 5.76. The molecule has 1 unspecified atom stereocenters. The van der Waals surface area contributed by atoms with Crippen LogP contribution in [0.5, 0.6) is 5.75 Å². The summed E-state index contributed by atoms with van der Waals surface area (Å²) in [6.45, 7) is 6.24. The van der Waals surface area contributed by atoms with E-state index < -0.39 is 36.1 Å². The van der Waals surface area contributed by atoms with Crippen molar-refractivity contribution < 1.29 is 32.2 Å². The van der Waals surface area contributed by atoms with Crippen molar-refractivity contribution in [2.45, 2.75) is 46.4 Å². The van der Waals surface area contributed by atoms with Crippen molar-refractivity contribution in [3.63, 3.8) is 0 Å². The number of carbonyl (C=O) groups is 1. The van der Waals surface area contributed by atoms with E-state index >= 15 is 0 Å². The van der Waals surface area contributed by atoms with Gasteiger partial charge in [0.2, 0.25) is 0 Å². The molecule has 1 N–H and O–H groups in total. The number of carboxylic acid groups (broad SMARTS) is 1. The fraction of sp³-hybridized carbons (Fsp3) is 0.292. The molecular weight excluding hydrogens is 426 g/mol. The SMILES string of the molecule is Cc1ccc(-n2ccc(C(F)(F)F)c2COc2ccc(C(C)C(=O)O)c(C)c2C)c(F)c1. The molecule has 3 aromatic rings. The molecule has 8 heteroatoms. The molecule has 0 aliphatic rings. The van der Waals surface area contributed by atoms with Gasteiger partial charge in [0, 0.05) is 6.20 Å². The van der Waals surface area contributed by atoms with Crippen LogP contribution >= 0.6 is 0 Å². The first kappa shape index (κ1) is 23.4. The van der Waals surface area contributed by atoms with Crippen LogP contribution in [-0.4, -0.2) is 15.6 Å². The Labute approximate surface area is 183 Å². The van der Waals surface area contributed by atoms with Crippen molar-refractivity contribution in [3.8, 4) is 11.4 Å². The van der Waals surface area contributed by atoms with Gasteiger partial charge in [0.15, 0.2) is 0 Å². The second-order valence-corrected chi connectivity index (χ2v) is 7.75. The number of nitrogens with zero attached hydrogens (tertiary/aromatic N) is 1. The summed E-state index contributed by atoms with van der Waals surface area (Å²) >= 11 is 0. The normalized spacial score (nSPS) is 12.6. The molecule has 0 radical (unpaired) electrons. The number of aliphatic carboxylic acids is 1. The third-order valence-electron chi connectivity index (χ3n) is 5.64. The lowest BCUT2D eigenvalue weighted by atomic mass is 9.93. The molecule has 170 valence electrons. The number of carboxylic acids is 1. The minimum absolute atomic E-state index is 0.0109. The second kappa shape index (κ2) is 8.68. The van der Waals surface area contributed by atoms with Crippen LogP contribution in [0.15, 0.2) is 42.6 Å². The van der Waals surface area contributed by atoms with Gasteiger partial charge in [0.05, 0.1) is 22.9 Å². The molecule has 0 bridgehead atoms. The van der Waals surface area contributed by atoms with Gasteiger partial charge in [0.25, 0.3) is 0 Å². The Bertz CT molecular complexity index is 1160. The van der Waals surface area contributed by atoms with E-state index in [2.05, 4.69) is 0 Å². The number of aryl methyl sites for hydroxylation is 1. The molecule has 0 saturated carbocycles. The van der Waals surface area contributed by atoms with Gasteiger partial charge in [-0.1, -0.05) is 12.1 Å². The number of rotatable bonds is 6. The van der Waals surface area contributed by atoms with Crippen molar-refractivity contribution in [2.75, 3.05) is 0 Å². The lowest BCUT2D eigenvalue weighted by molar-refractivity contribution is -0.139. The summed E-state index contributed by atoms with van der Waals surface area (Å²) < 4.78 is 62.2. The number of hydrogen-bond acceptors (Lipinski definition) is 2. The zero-order valence-corrected chi connectivity index (χ0v) is 18.0. The van der Waals surface area contributed by atoms with Crippen LogP contribution in [0.25, 0.3) is 5.69 Å². The average Bonchev–Trinajstić information content (AvgIpc) is 3.12. The number of alkyl halides is 3. The first-order chi connectivity index (χ1) is 14.9. The Balaban J connectivity index is 2.00. The second-order valence-electron chi connectivity index (χ2n) is 7.75. The molecule has 3 rings (SSSR count). The minimum Gasteiger partial charge on any atom is -0.487 e. The largest absolute Gasteiger partial charge is 0.487 e. The first-order valence-electron chi connectivity index (χ1n) is 9.91. The van der Waals surface area contributed by atoms with E-state index in [0.29, 0.717) is 28.0 Å². The van der Waals surface area contributed by atoms with E-state index in [1.807, 2.05) is 0 Å². The van der Waals surface area contributed by atoms with E-state index in [0.717, 1.165) is 10.6 Å². The summed E-state index contributed by atoms with van der Waals surface area (Å²) in [6.07, 6.45) is -3.47. The highest BCUT2D eigenvalue weighted by Crippen LogP contribution is 2.36. The maximum Gasteiger partial charge on any atom is 0.418 e. The number of aromatic nitrogens is 1. The predicted molar refractivity (Wildman–Crippen MR) is 112 cm³/mol. The molecule has 32 heavy (non-hydrogen) atoms. The fourth-order valence-electron chi connectivity index (χ4n) is 3.62. The minimum atomic E-state index is -4.64. The van der Waals surface area contributed by atoms with Gasteiger partial charge >= 0.3 is 12.1 Å². The summed E-state index contributed by atoms with van der Waals surface area (Å²) in [4.78, 5) is 11.3. The highest BCUT2D eigenvalue weighted by Gasteiger charge is 2.36. The van der Waals surface area contributed by atoms with Crippen LogP contribution in [0.3, 0.4) is 0 Å². The number of halogens is 4. The average molecular weight is 449 g/mol. The Morgan fingerprint density at radius 1 is 1.09 bits per heavy atom. The molecule has 0 aliphatic heterocycles. The first-order valence-corrected chi connectivity index (χ1v) is 9.91. The molecule has 4 nitrogen and oxygen atoms in total. The van der Waals surface area contributed by atoms with Crippen LogP contribution in [0.2, 0.25) is 0 Å². The zero-order valence-electron chi connectivity index (χ0n) is 18.0. The van der Waals surface area contributed by atoms with Crippen molar-refractivity contribution in [1.82, 2.24) is 4.57 Å². The summed E-state index contributed by atoms with van der Waals surface area (Å²) in [5.41, 5.74) is 1.40. The van der Waals surface area contributed by atoms with Gasteiger partial charge in [-0.05, 0) is 74.2 Å². The number of benzene rings is 2. The quantitative estimate of drug-likeness (QED) is 0.448. The van der Waals surface area contributed by atoms with Gasteiger partial charge in [-0.25, -0.2) is 4.39 Å². The highest BCUT2D eigenvalue weighted by atomic mass is 19.4. The van der Waals surface area contributed by atoms with Crippen molar-refractivity contribution in [3.05, 3.63) is 81.9 Å². The Morgan fingerprint density at radius 2 is 1.78 bits per heavy atom. The van der Waals surface area contributed by atoms with E-state index in [1.165, 1.54) is 18.3 Å². The van der Waals surface area contributed by atoms with Crippen LogP contribution in [0.1, 0.15) is 46.4 Å². The van der Waals surface area contributed by atoms with Gasteiger partial charge in [0.1, 0.15) is 18.2 Å². The standard InChI is InChI=1S/C24H23F4NO3/c1-13-5-7-20(19(25)11-13)29-10-9-18(24(26,27)28)21(29)12-32-22-8-6-17(14(2)15(22)3)16(4)23(30)31/h5-11,16H,12H2,1-4H3,(H,30,31). The molecule has 1 heterocycles. The Morgan fingerprint density at radius 3 is 2.38 bits per heavy atom. The van der Waals surface area contributed by atoms with Gasteiger partial charge in [-0.2, -0.15) is 13.2 Å². The predicted octanol–water partition coefficient (Wildman–Crippen LogP) is 6.33. The molecule has 0 aliphatic carbocycles. The third kappa shape index (κ3) is 4.49. The number of hydrogen-bond donors (Lipinski definition) is 1. The molecule has 0 saturated heterocycles. The summed E-state index contributed by atoms with van der Waals surface area (Å²) in [5.74, 6) is -2.03. The Kier molecular flexibility index (Phi) is 6.34. The topological polar surface area (TPSA) is 51.5 Å². The van der Waals surface area contributed by atoms with E-state index in [9.17, 15) is 27.5 Å². The molecular formula is C24H23F4NO3. The maximum atomic E-state index is 14.5. The van der Waals surface area contributed by atoms with Crippen LogP contribution in [0, 0.1) is 26.6 Å². The van der Waals surface area contributed by atoms with Gasteiger partial charge in [-0.15, -0.1) is 0 Å². The van der Waals surface area contributed by atoms with Crippen LogP contribution < -0.4 is 4.74 Å². The van der Waals surface area contributed by atoms with E-state index in [1.54, 1.807) is 45.9 Å². The van der Waals surface area contributed by atoms with E-state index in [4.69, 9.17) is 4.74 Å². The van der Waals surface area contributed by atoms with E-state index in [-0.39, 0.29) is 11.4 Å².